The number of fused-ring (bicyclic) bond motifs is 1. The molecule has 2 fully saturated rings. The second kappa shape index (κ2) is 3.14. The minimum Gasteiger partial charge on any atom is -0.316 e. The Labute approximate surface area is 67.0 Å². The highest BCUT2D eigenvalue weighted by Crippen LogP contribution is 2.33. The van der Waals surface area contributed by atoms with Crippen molar-refractivity contribution in [2.24, 2.45) is 5.92 Å². The van der Waals surface area contributed by atoms with Crippen LogP contribution in [0.1, 0.15) is 19.3 Å². The van der Waals surface area contributed by atoms with Gasteiger partial charge in [0.15, 0.2) is 0 Å². The average Bonchev–Trinajstić information content (AvgIpc) is 2.05. The van der Waals surface area contributed by atoms with E-state index in [9.17, 15) is 0 Å². The van der Waals surface area contributed by atoms with Crippen LogP contribution in [0.5, 0.6) is 0 Å². The fraction of sp³-hybridized carbons (Fsp3) is 1.00. The SMILES string of the molecule is C1CSC2CNCCC2C1. The highest BCUT2D eigenvalue weighted by molar-refractivity contribution is 8.00. The maximum absolute atomic E-state index is 3.46. The van der Waals surface area contributed by atoms with E-state index in [2.05, 4.69) is 17.1 Å². The molecule has 2 heteroatoms. The third kappa shape index (κ3) is 1.32. The number of hydrogen-bond acceptors (Lipinski definition) is 2. The quantitative estimate of drug-likeness (QED) is 0.572. The predicted octanol–water partition coefficient (Wildman–Crippen LogP) is 1.49. The van der Waals surface area contributed by atoms with Gasteiger partial charge in [-0.25, -0.2) is 0 Å². The smallest absolute Gasteiger partial charge is 0.0201 e. The molecule has 0 aromatic heterocycles. The summed E-state index contributed by atoms with van der Waals surface area (Å²) in [6.07, 6.45) is 4.39. The zero-order valence-corrected chi connectivity index (χ0v) is 7.12. The number of rotatable bonds is 0. The van der Waals surface area contributed by atoms with Crippen molar-refractivity contribution >= 4 is 11.8 Å². The third-order valence-corrected chi connectivity index (χ3v) is 4.12. The van der Waals surface area contributed by atoms with Crippen molar-refractivity contribution in [3.63, 3.8) is 0 Å². The summed E-state index contributed by atoms with van der Waals surface area (Å²) in [5.41, 5.74) is 0. The van der Waals surface area contributed by atoms with Gasteiger partial charge in [0.25, 0.3) is 0 Å². The predicted molar refractivity (Wildman–Crippen MR) is 46.5 cm³/mol. The van der Waals surface area contributed by atoms with Gasteiger partial charge in [-0.1, -0.05) is 0 Å². The van der Waals surface area contributed by atoms with Crippen LogP contribution in [0.25, 0.3) is 0 Å². The van der Waals surface area contributed by atoms with E-state index in [-0.39, 0.29) is 0 Å². The van der Waals surface area contributed by atoms with Crippen molar-refractivity contribution < 1.29 is 0 Å². The van der Waals surface area contributed by atoms with E-state index in [1.54, 1.807) is 0 Å². The molecule has 0 spiro atoms. The molecule has 0 aromatic carbocycles. The van der Waals surface area contributed by atoms with Gasteiger partial charge in [0.2, 0.25) is 0 Å². The van der Waals surface area contributed by atoms with Gasteiger partial charge in [0.05, 0.1) is 0 Å². The molecule has 0 amide bonds. The maximum Gasteiger partial charge on any atom is 0.0201 e. The summed E-state index contributed by atoms with van der Waals surface area (Å²) >= 11 is 2.18. The number of nitrogens with one attached hydrogen (secondary N) is 1. The van der Waals surface area contributed by atoms with Gasteiger partial charge < -0.3 is 5.32 Å². The minimum absolute atomic E-state index is 0.961. The van der Waals surface area contributed by atoms with E-state index < -0.39 is 0 Å². The molecule has 2 aliphatic heterocycles. The molecule has 0 bridgehead atoms. The molecule has 2 atom stereocenters. The Morgan fingerprint density at radius 1 is 1.30 bits per heavy atom. The van der Waals surface area contributed by atoms with E-state index in [4.69, 9.17) is 0 Å². The Hall–Kier alpha value is 0.310. The summed E-state index contributed by atoms with van der Waals surface area (Å²) in [5.74, 6) is 2.46. The number of piperidine rings is 1. The molecule has 2 heterocycles. The molecule has 0 aromatic rings. The fourth-order valence-corrected chi connectivity index (χ4v) is 3.41. The lowest BCUT2D eigenvalue weighted by Crippen LogP contribution is -2.40. The summed E-state index contributed by atoms with van der Waals surface area (Å²) in [6.45, 7) is 2.54. The lowest BCUT2D eigenvalue weighted by molar-refractivity contribution is 0.354. The van der Waals surface area contributed by atoms with Crippen LogP contribution in [0.4, 0.5) is 0 Å². The molecule has 2 unspecified atom stereocenters. The molecule has 0 saturated carbocycles. The fourth-order valence-electron chi connectivity index (χ4n) is 1.99. The zero-order valence-electron chi connectivity index (χ0n) is 6.31. The van der Waals surface area contributed by atoms with E-state index in [1.165, 1.54) is 38.1 Å². The monoisotopic (exact) mass is 157 g/mol. The summed E-state index contributed by atoms with van der Waals surface area (Å²) in [5, 5.41) is 4.42. The first kappa shape index (κ1) is 6.99. The van der Waals surface area contributed by atoms with E-state index >= 15 is 0 Å². The van der Waals surface area contributed by atoms with E-state index in [1.807, 2.05) is 0 Å². The van der Waals surface area contributed by atoms with Gasteiger partial charge in [0, 0.05) is 11.8 Å². The second-order valence-corrected chi connectivity index (χ2v) is 4.65. The first-order valence-corrected chi connectivity index (χ1v) is 5.34. The molecule has 1 N–H and O–H groups in total. The van der Waals surface area contributed by atoms with Gasteiger partial charge in [-0.3, -0.25) is 0 Å². The molecule has 10 heavy (non-hydrogen) atoms. The van der Waals surface area contributed by atoms with Crippen molar-refractivity contribution in [1.29, 1.82) is 0 Å². The Morgan fingerprint density at radius 2 is 2.30 bits per heavy atom. The normalized spacial score (nSPS) is 40.8. The van der Waals surface area contributed by atoms with Crippen molar-refractivity contribution in [3.05, 3.63) is 0 Å². The topological polar surface area (TPSA) is 12.0 Å². The van der Waals surface area contributed by atoms with Gasteiger partial charge >= 0.3 is 0 Å². The van der Waals surface area contributed by atoms with E-state index in [0.717, 1.165) is 11.2 Å². The third-order valence-electron chi connectivity index (χ3n) is 2.61. The molecule has 1 nitrogen and oxygen atoms in total. The van der Waals surface area contributed by atoms with Crippen LogP contribution in [0.2, 0.25) is 0 Å². The highest BCUT2D eigenvalue weighted by Gasteiger charge is 2.27. The first-order valence-electron chi connectivity index (χ1n) is 4.29. The van der Waals surface area contributed by atoms with Crippen LogP contribution in [-0.2, 0) is 0 Å². The molecule has 0 radical (unpaired) electrons. The van der Waals surface area contributed by atoms with Crippen LogP contribution in [0, 0.1) is 5.92 Å². The van der Waals surface area contributed by atoms with E-state index in [0.29, 0.717) is 0 Å². The van der Waals surface area contributed by atoms with Crippen LogP contribution in [0.3, 0.4) is 0 Å². The van der Waals surface area contributed by atoms with Crippen molar-refractivity contribution in [1.82, 2.24) is 5.32 Å². The summed E-state index contributed by atoms with van der Waals surface area (Å²) in [4.78, 5) is 0. The lowest BCUT2D eigenvalue weighted by Gasteiger charge is -2.35. The first-order chi connectivity index (χ1) is 4.97. The molecule has 2 aliphatic rings. The van der Waals surface area contributed by atoms with Gasteiger partial charge in [-0.2, -0.15) is 11.8 Å². The molecule has 2 saturated heterocycles. The summed E-state index contributed by atoms with van der Waals surface area (Å²) in [6, 6.07) is 0. The molecule has 2 rings (SSSR count). The van der Waals surface area contributed by atoms with Crippen LogP contribution < -0.4 is 5.32 Å². The van der Waals surface area contributed by atoms with Crippen molar-refractivity contribution in [2.75, 3.05) is 18.8 Å². The van der Waals surface area contributed by atoms with Crippen LogP contribution in [0.15, 0.2) is 0 Å². The molecular formula is C8H15NS. The Morgan fingerprint density at radius 3 is 3.20 bits per heavy atom. The molecule has 58 valence electrons. The highest BCUT2D eigenvalue weighted by atomic mass is 32.2. The Balaban J connectivity index is 1.93. The van der Waals surface area contributed by atoms with Crippen molar-refractivity contribution in [3.8, 4) is 0 Å². The Kier molecular flexibility index (Phi) is 2.19. The van der Waals surface area contributed by atoms with Gasteiger partial charge in [0.1, 0.15) is 0 Å². The molecular weight excluding hydrogens is 142 g/mol. The second-order valence-electron chi connectivity index (χ2n) is 3.30. The summed E-state index contributed by atoms with van der Waals surface area (Å²) in [7, 11) is 0. The van der Waals surface area contributed by atoms with Crippen LogP contribution in [-0.4, -0.2) is 24.1 Å². The summed E-state index contributed by atoms with van der Waals surface area (Å²) < 4.78 is 0. The van der Waals surface area contributed by atoms with Crippen molar-refractivity contribution in [2.45, 2.75) is 24.5 Å². The number of hydrogen-bond donors (Lipinski definition) is 1. The largest absolute Gasteiger partial charge is 0.316 e. The van der Waals surface area contributed by atoms with Gasteiger partial charge in [-0.15, -0.1) is 0 Å². The maximum atomic E-state index is 3.46. The average molecular weight is 157 g/mol. The standard InChI is InChI=1S/C8H15NS/c1-2-7-3-4-9-6-8(7)10-5-1/h7-9H,1-6H2. The lowest BCUT2D eigenvalue weighted by atomic mass is 9.92. The zero-order chi connectivity index (χ0) is 6.81. The van der Waals surface area contributed by atoms with Gasteiger partial charge in [-0.05, 0) is 37.5 Å². The number of thioether (sulfide) groups is 1. The Bertz CT molecular complexity index is 89.8. The minimum atomic E-state index is 0.961. The van der Waals surface area contributed by atoms with Crippen LogP contribution >= 0.6 is 11.8 Å². The molecule has 0 aliphatic carbocycles.